The fraction of sp³-hybridized carbons (Fsp3) is 0.438. The van der Waals surface area contributed by atoms with Crippen molar-refractivity contribution in [3.63, 3.8) is 0 Å². The maximum Gasteiger partial charge on any atom is 0.233 e. The maximum absolute atomic E-state index is 11.9. The van der Waals surface area contributed by atoms with Crippen LogP contribution in [0.15, 0.2) is 32.9 Å². The molecule has 8 heteroatoms. The van der Waals surface area contributed by atoms with Gasteiger partial charge >= 0.3 is 0 Å². The first-order valence-electron chi connectivity index (χ1n) is 7.66. The van der Waals surface area contributed by atoms with Crippen LogP contribution in [0.3, 0.4) is 0 Å². The molecule has 0 unspecified atom stereocenters. The molecule has 24 heavy (non-hydrogen) atoms. The SMILES string of the molecule is CCCNC(=O)[C@H](C)Sc1nnc(SCc2ccc(OC)cc2)s1. The standard InChI is InChI=1S/C16H21N3O2S3/c1-4-9-17-14(20)11(2)23-16-19-18-15(24-16)22-10-12-5-7-13(21-3)8-6-12/h5-8,11H,4,9-10H2,1-3H3,(H,17,20)/t11-/m0/s1. The molecule has 0 aliphatic carbocycles. The van der Waals surface area contributed by atoms with Crippen LogP contribution in [0.2, 0.25) is 0 Å². The normalized spacial score (nSPS) is 12.0. The molecule has 0 saturated carbocycles. The second-order valence-corrected chi connectivity index (χ2v) is 8.81. The summed E-state index contributed by atoms with van der Waals surface area (Å²) in [6.07, 6.45) is 0.939. The number of benzene rings is 1. The molecule has 1 N–H and O–H groups in total. The van der Waals surface area contributed by atoms with Crippen molar-refractivity contribution in [1.29, 1.82) is 0 Å². The van der Waals surface area contributed by atoms with Crippen molar-refractivity contribution in [2.75, 3.05) is 13.7 Å². The van der Waals surface area contributed by atoms with Crippen molar-refractivity contribution >= 4 is 40.8 Å². The quantitative estimate of drug-likeness (QED) is 0.664. The number of hydrogen-bond acceptors (Lipinski definition) is 7. The van der Waals surface area contributed by atoms with Crippen LogP contribution in [0, 0.1) is 0 Å². The zero-order valence-corrected chi connectivity index (χ0v) is 16.4. The van der Waals surface area contributed by atoms with Crippen LogP contribution in [-0.4, -0.2) is 35.0 Å². The third-order valence-corrected chi connectivity index (χ3v) is 6.42. The van der Waals surface area contributed by atoms with Gasteiger partial charge in [-0.1, -0.05) is 53.9 Å². The van der Waals surface area contributed by atoms with E-state index in [0.29, 0.717) is 6.54 Å². The Hall–Kier alpha value is -1.25. The molecule has 0 bridgehead atoms. The first-order chi connectivity index (χ1) is 11.6. The van der Waals surface area contributed by atoms with E-state index in [0.717, 1.165) is 26.6 Å². The Morgan fingerprint density at radius 3 is 2.67 bits per heavy atom. The molecular formula is C16H21N3O2S3. The summed E-state index contributed by atoms with van der Waals surface area (Å²) in [4.78, 5) is 11.9. The highest BCUT2D eigenvalue weighted by atomic mass is 32.2. The monoisotopic (exact) mass is 383 g/mol. The molecule has 1 atom stereocenters. The van der Waals surface area contributed by atoms with Crippen molar-refractivity contribution < 1.29 is 9.53 Å². The topological polar surface area (TPSA) is 64.1 Å². The number of carbonyl (C=O) groups is 1. The first-order valence-corrected chi connectivity index (χ1v) is 10.3. The fourth-order valence-corrected chi connectivity index (χ4v) is 4.91. The van der Waals surface area contributed by atoms with Gasteiger partial charge in [0.15, 0.2) is 8.68 Å². The lowest BCUT2D eigenvalue weighted by Gasteiger charge is -2.08. The Morgan fingerprint density at radius 1 is 1.29 bits per heavy atom. The second-order valence-electron chi connectivity index (χ2n) is 5.02. The van der Waals surface area contributed by atoms with Gasteiger partial charge in [-0.2, -0.15) is 0 Å². The molecule has 0 aliphatic rings. The van der Waals surface area contributed by atoms with E-state index in [1.165, 1.54) is 28.7 Å². The van der Waals surface area contributed by atoms with E-state index in [4.69, 9.17) is 4.74 Å². The minimum Gasteiger partial charge on any atom is -0.497 e. The number of hydrogen-bond donors (Lipinski definition) is 1. The smallest absolute Gasteiger partial charge is 0.233 e. The summed E-state index contributed by atoms with van der Waals surface area (Å²) in [5.74, 6) is 1.73. The van der Waals surface area contributed by atoms with Crippen LogP contribution >= 0.6 is 34.9 Å². The van der Waals surface area contributed by atoms with Gasteiger partial charge in [0.2, 0.25) is 5.91 Å². The van der Waals surface area contributed by atoms with Crippen LogP contribution < -0.4 is 10.1 Å². The number of rotatable bonds is 9. The van der Waals surface area contributed by atoms with E-state index < -0.39 is 0 Å². The van der Waals surface area contributed by atoms with Crippen molar-refractivity contribution in [2.45, 2.75) is 40.0 Å². The number of nitrogens with zero attached hydrogens (tertiary/aromatic N) is 2. The molecule has 0 saturated heterocycles. The molecule has 1 amide bonds. The highest BCUT2D eigenvalue weighted by Crippen LogP contribution is 2.32. The van der Waals surface area contributed by atoms with E-state index in [1.807, 2.05) is 38.1 Å². The number of amides is 1. The van der Waals surface area contributed by atoms with E-state index >= 15 is 0 Å². The highest BCUT2D eigenvalue weighted by Gasteiger charge is 2.16. The van der Waals surface area contributed by atoms with Gasteiger partial charge in [0.1, 0.15) is 5.75 Å². The summed E-state index contributed by atoms with van der Waals surface area (Å²) >= 11 is 4.63. The number of ether oxygens (including phenoxy) is 1. The van der Waals surface area contributed by atoms with E-state index in [1.54, 1.807) is 18.9 Å². The van der Waals surface area contributed by atoms with E-state index in [2.05, 4.69) is 15.5 Å². The Balaban J connectivity index is 1.82. The van der Waals surface area contributed by atoms with Gasteiger partial charge in [0.05, 0.1) is 12.4 Å². The predicted molar refractivity (Wildman–Crippen MR) is 101 cm³/mol. The summed E-state index contributed by atoms with van der Waals surface area (Å²) in [5.41, 5.74) is 1.21. The maximum atomic E-state index is 11.9. The van der Waals surface area contributed by atoms with Gasteiger partial charge in [0.25, 0.3) is 0 Å². The summed E-state index contributed by atoms with van der Waals surface area (Å²) in [6.45, 7) is 4.64. The van der Waals surface area contributed by atoms with Crippen LogP contribution in [0.5, 0.6) is 5.75 Å². The first kappa shape index (κ1) is 19.1. The van der Waals surface area contributed by atoms with Crippen LogP contribution in [0.1, 0.15) is 25.8 Å². The summed E-state index contributed by atoms with van der Waals surface area (Å²) < 4.78 is 6.89. The Morgan fingerprint density at radius 2 is 2.00 bits per heavy atom. The molecule has 0 spiro atoms. The molecule has 2 aromatic rings. The lowest BCUT2D eigenvalue weighted by atomic mass is 10.2. The number of aromatic nitrogens is 2. The van der Waals surface area contributed by atoms with Crippen LogP contribution in [-0.2, 0) is 10.5 Å². The lowest BCUT2D eigenvalue weighted by Crippen LogP contribution is -2.31. The molecule has 5 nitrogen and oxygen atoms in total. The summed E-state index contributed by atoms with van der Waals surface area (Å²) in [5, 5.41) is 11.1. The Kier molecular flexibility index (Phi) is 7.87. The Labute approximate surface area is 155 Å². The molecule has 1 aromatic heterocycles. The fourth-order valence-electron chi connectivity index (χ4n) is 1.77. The van der Waals surface area contributed by atoms with E-state index in [-0.39, 0.29) is 11.2 Å². The molecule has 2 rings (SSSR count). The average Bonchev–Trinajstić information content (AvgIpc) is 3.05. The number of carbonyl (C=O) groups excluding carboxylic acids is 1. The van der Waals surface area contributed by atoms with Gasteiger partial charge in [-0.25, -0.2) is 0 Å². The van der Waals surface area contributed by atoms with Gasteiger partial charge in [-0.05, 0) is 31.0 Å². The summed E-state index contributed by atoms with van der Waals surface area (Å²) in [7, 11) is 1.66. The summed E-state index contributed by atoms with van der Waals surface area (Å²) in [6, 6.07) is 7.99. The van der Waals surface area contributed by atoms with Crippen LogP contribution in [0.4, 0.5) is 0 Å². The average molecular weight is 384 g/mol. The van der Waals surface area contributed by atoms with Crippen molar-refractivity contribution in [3.05, 3.63) is 29.8 Å². The predicted octanol–water partition coefficient (Wildman–Crippen LogP) is 3.85. The minimum atomic E-state index is -0.163. The molecule has 130 valence electrons. The molecule has 0 fully saturated rings. The third-order valence-electron chi connectivity index (χ3n) is 3.11. The largest absolute Gasteiger partial charge is 0.497 e. The van der Waals surface area contributed by atoms with Gasteiger partial charge in [0, 0.05) is 12.3 Å². The zero-order chi connectivity index (χ0) is 17.4. The zero-order valence-electron chi connectivity index (χ0n) is 13.9. The lowest BCUT2D eigenvalue weighted by molar-refractivity contribution is -0.120. The van der Waals surface area contributed by atoms with Crippen molar-refractivity contribution in [2.24, 2.45) is 0 Å². The second kappa shape index (κ2) is 9.90. The molecule has 0 aliphatic heterocycles. The molecule has 0 radical (unpaired) electrons. The van der Waals surface area contributed by atoms with Gasteiger partial charge < -0.3 is 10.1 Å². The van der Waals surface area contributed by atoms with Gasteiger partial charge in [-0.3, -0.25) is 4.79 Å². The molecule has 1 aromatic carbocycles. The third kappa shape index (κ3) is 5.99. The van der Waals surface area contributed by atoms with Crippen LogP contribution in [0.25, 0.3) is 0 Å². The van der Waals surface area contributed by atoms with Crippen molar-refractivity contribution in [3.8, 4) is 5.75 Å². The number of nitrogens with one attached hydrogen (secondary N) is 1. The van der Waals surface area contributed by atoms with E-state index in [9.17, 15) is 4.79 Å². The van der Waals surface area contributed by atoms with Gasteiger partial charge in [-0.15, -0.1) is 10.2 Å². The number of methoxy groups -OCH3 is 1. The number of thioether (sulfide) groups is 2. The highest BCUT2D eigenvalue weighted by molar-refractivity contribution is 8.03. The molecule has 1 heterocycles. The van der Waals surface area contributed by atoms with Crippen molar-refractivity contribution in [1.82, 2.24) is 15.5 Å². The minimum absolute atomic E-state index is 0.0458. The molecular weight excluding hydrogens is 362 g/mol. The Bertz CT molecular complexity index is 646.